The van der Waals surface area contributed by atoms with Crippen LogP contribution in [-0.2, 0) is 0 Å². The zero-order valence-electron chi connectivity index (χ0n) is 32.1. The topological polar surface area (TPSA) is 21.3 Å². The van der Waals surface area contributed by atoms with E-state index in [1.807, 2.05) is 12.1 Å². The predicted octanol–water partition coefficient (Wildman–Crippen LogP) is 15.8. The monoisotopic (exact) mass is 752 g/mol. The number of hydrogen-bond acceptors (Lipinski definition) is 2. The second-order valence-electron chi connectivity index (χ2n) is 15.3. The Bertz CT molecular complexity index is 3520. The summed E-state index contributed by atoms with van der Waals surface area (Å²) in [6.45, 7) is 0. The van der Waals surface area contributed by atoms with Gasteiger partial charge in [0.15, 0.2) is 0 Å². The highest BCUT2D eigenvalue weighted by molar-refractivity contribution is 6.16. The van der Waals surface area contributed by atoms with Crippen LogP contribution < -0.4 is 4.90 Å². The molecule has 0 amide bonds. The van der Waals surface area contributed by atoms with Gasteiger partial charge >= 0.3 is 0 Å². The number of furan rings is 1. The SMILES string of the molecule is c1cc(-c2cccc3oc4ccccc4c23)cc(N(c2ccc(-c3ccccc3-n3c4ccccc4c4ccccc43)cc2)c2cccc3ccc4ccccc4c23)c1. The third-order valence-electron chi connectivity index (χ3n) is 12.0. The Morgan fingerprint density at radius 2 is 0.966 bits per heavy atom. The number of nitrogens with zero attached hydrogens (tertiary/aromatic N) is 2. The van der Waals surface area contributed by atoms with E-state index in [9.17, 15) is 0 Å². The van der Waals surface area contributed by atoms with E-state index in [-0.39, 0.29) is 0 Å². The van der Waals surface area contributed by atoms with Gasteiger partial charge in [0.25, 0.3) is 0 Å². The summed E-state index contributed by atoms with van der Waals surface area (Å²) in [5.74, 6) is 0. The van der Waals surface area contributed by atoms with Crippen molar-refractivity contribution in [2.45, 2.75) is 0 Å². The van der Waals surface area contributed by atoms with Gasteiger partial charge in [0.1, 0.15) is 11.2 Å². The number of para-hydroxylation sites is 4. The fraction of sp³-hybridized carbons (Fsp3) is 0. The highest BCUT2D eigenvalue weighted by atomic mass is 16.3. The van der Waals surface area contributed by atoms with Crippen LogP contribution in [-0.4, -0.2) is 4.57 Å². The maximum Gasteiger partial charge on any atom is 0.136 e. The smallest absolute Gasteiger partial charge is 0.136 e. The molecule has 3 heteroatoms. The van der Waals surface area contributed by atoms with Gasteiger partial charge in [-0.2, -0.15) is 0 Å². The van der Waals surface area contributed by atoms with Crippen molar-refractivity contribution < 1.29 is 4.42 Å². The first-order chi connectivity index (χ1) is 29.3. The average molecular weight is 753 g/mol. The zero-order chi connectivity index (χ0) is 38.9. The van der Waals surface area contributed by atoms with E-state index in [4.69, 9.17) is 4.42 Å². The van der Waals surface area contributed by atoms with Gasteiger partial charge in [-0.05, 0) is 93.5 Å². The molecule has 0 aliphatic heterocycles. The van der Waals surface area contributed by atoms with Gasteiger partial charge in [-0.15, -0.1) is 0 Å². The molecule has 0 spiro atoms. The molecule has 2 aromatic heterocycles. The van der Waals surface area contributed by atoms with E-state index < -0.39 is 0 Å². The zero-order valence-corrected chi connectivity index (χ0v) is 32.1. The Morgan fingerprint density at radius 3 is 1.80 bits per heavy atom. The largest absolute Gasteiger partial charge is 0.456 e. The lowest BCUT2D eigenvalue weighted by Crippen LogP contribution is -2.10. The van der Waals surface area contributed by atoms with Crippen LogP contribution in [0, 0.1) is 0 Å². The Morgan fingerprint density at radius 1 is 0.356 bits per heavy atom. The summed E-state index contributed by atoms with van der Waals surface area (Å²) in [5, 5.41) is 9.64. The summed E-state index contributed by atoms with van der Waals surface area (Å²) in [4.78, 5) is 2.43. The molecule has 0 bridgehead atoms. The molecular formula is C56H36N2O. The van der Waals surface area contributed by atoms with Crippen molar-refractivity contribution >= 4 is 82.4 Å². The summed E-state index contributed by atoms with van der Waals surface area (Å²) >= 11 is 0. The standard InChI is InChI=1S/C56H36N2O/c1-2-19-44-37(14-1)30-31-39-15-12-27-52(55(39)44)57(42-17-11-16-40(36-42)45-23-13-29-54-56(45)48-22-6-10-28-53(48)59-54)41-34-32-38(33-35-41)43-18-3-7-24-49(43)58-50-25-8-4-20-46(50)47-21-5-9-26-51(47)58/h1-36H. The van der Waals surface area contributed by atoms with Crippen LogP contribution >= 0.6 is 0 Å². The maximum atomic E-state index is 6.33. The lowest BCUT2D eigenvalue weighted by molar-refractivity contribution is 0.669. The van der Waals surface area contributed by atoms with Crippen molar-refractivity contribution in [3.8, 4) is 27.9 Å². The van der Waals surface area contributed by atoms with Crippen LogP contribution in [0.3, 0.4) is 0 Å². The lowest BCUT2D eigenvalue weighted by Gasteiger charge is -2.28. The normalized spacial score (nSPS) is 11.7. The van der Waals surface area contributed by atoms with Crippen molar-refractivity contribution in [1.29, 1.82) is 0 Å². The average Bonchev–Trinajstić information content (AvgIpc) is 3.86. The lowest BCUT2D eigenvalue weighted by atomic mass is 9.97. The number of aromatic nitrogens is 1. The van der Waals surface area contributed by atoms with Crippen LogP contribution in [0.25, 0.3) is 93.2 Å². The fourth-order valence-corrected chi connectivity index (χ4v) is 9.37. The Balaban J connectivity index is 1.05. The molecule has 276 valence electrons. The molecule has 2 heterocycles. The second-order valence-corrected chi connectivity index (χ2v) is 15.3. The molecule has 12 aromatic rings. The highest BCUT2D eigenvalue weighted by Gasteiger charge is 2.20. The molecule has 0 atom stereocenters. The van der Waals surface area contributed by atoms with Crippen molar-refractivity contribution in [3.63, 3.8) is 0 Å². The predicted molar refractivity (Wildman–Crippen MR) is 249 cm³/mol. The fourth-order valence-electron chi connectivity index (χ4n) is 9.37. The summed E-state index contributed by atoms with van der Waals surface area (Å²) in [7, 11) is 0. The number of fused-ring (bicyclic) bond motifs is 9. The van der Waals surface area contributed by atoms with Crippen molar-refractivity contribution in [3.05, 3.63) is 218 Å². The van der Waals surface area contributed by atoms with Gasteiger partial charge in [0.05, 0.1) is 22.4 Å². The van der Waals surface area contributed by atoms with Crippen LogP contribution in [0.15, 0.2) is 223 Å². The third kappa shape index (κ3) is 5.29. The summed E-state index contributed by atoms with van der Waals surface area (Å²) < 4.78 is 8.74. The molecule has 59 heavy (non-hydrogen) atoms. The van der Waals surface area contributed by atoms with Gasteiger partial charge in [0, 0.05) is 43.9 Å². The quantitative estimate of drug-likeness (QED) is 0.158. The van der Waals surface area contributed by atoms with Crippen LogP contribution in [0.5, 0.6) is 0 Å². The van der Waals surface area contributed by atoms with E-state index in [1.165, 1.54) is 48.9 Å². The van der Waals surface area contributed by atoms with Crippen LogP contribution in [0.1, 0.15) is 0 Å². The molecule has 0 aliphatic carbocycles. The molecule has 10 aromatic carbocycles. The molecule has 3 nitrogen and oxygen atoms in total. The van der Waals surface area contributed by atoms with Crippen molar-refractivity contribution in [2.75, 3.05) is 4.90 Å². The molecular weight excluding hydrogens is 717 g/mol. The van der Waals surface area contributed by atoms with E-state index in [0.717, 1.165) is 61.4 Å². The minimum Gasteiger partial charge on any atom is -0.456 e. The Kier molecular flexibility index (Phi) is 7.54. The minimum atomic E-state index is 0.892. The van der Waals surface area contributed by atoms with Gasteiger partial charge in [-0.1, -0.05) is 158 Å². The van der Waals surface area contributed by atoms with Crippen molar-refractivity contribution in [2.24, 2.45) is 0 Å². The van der Waals surface area contributed by atoms with Gasteiger partial charge in [-0.3, -0.25) is 0 Å². The molecule has 0 fully saturated rings. The molecule has 0 saturated heterocycles. The summed E-state index contributed by atoms with van der Waals surface area (Å²) in [6.07, 6.45) is 0. The molecule has 0 radical (unpaired) electrons. The third-order valence-corrected chi connectivity index (χ3v) is 12.0. The first-order valence-electron chi connectivity index (χ1n) is 20.2. The first kappa shape index (κ1) is 33.3. The Labute approximate surface area is 341 Å². The molecule has 0 unspecified atom stereocenters. The molecule has 0 saturated carbocycles. The van der Waals surface area contributed by atoms with Gasteiger partial charge < -0.3 is 13.9 Å². The van der Waals surface area contributed by atoms with Gasteiger partial charge in [0.2, 0.25) is 0 Å². The molecule has 0 N–H and O–H groups in total. The minimum absolute atomic E-state index is 0.892. The van der Waals surface area contributed by atoms with Crippen LogP contribution in [0.4, 0.5) is 17.1 Å². The van der Waals surface area contributed by atoms with E-state index >= 15 is 0 Å². The molecule has 12 rings (SSSR count). The van der Waals surface area contributed by atoms with E-state index in [2.05, 4.69) is 216 Å². The second kappa shape index (κ2) is 13.4. The van der Waals surface area contributed by atoms with Gasteiger partial charge in [-0.25, -0.2) is 0 Å². The number of anilines is 3. The Hall–Kier alpha value is -7.88. The number of benzene rings is 10. The first-order valence-corrected chi connectivity index (χ1v) is 20.2. The number of hydrogen-bond donors (Lipinski definition) is 0. The van der Waals surface area contributed by atoms with E-state index in [0.29, 0.717) is 0 Å². The summed E-state index contributed by atoms with van der Waals surface area (Å²) in [6, 6.07) is 78.8. The number of rotatable bonds is 6. The highest BCUT2D eigenvalue weighted by Crippen LogP contribution is 2.45. The summed E-state index contributed by atoms with van der Waals surface area (Å²) in [5.41, 5.74) is 13.2. The maximum absolute atomic E-state index is 6.33. The molecule has 0 aliphatic rings. The van der Waals surface area contributed by atoms with Crippen molar-refractivity contribution in [1.82, 2.24) is 4.57 Å². The van der Waals surface area contributed by atoms with Crippen LogP contribution in [0.2, 0.25) is 0 Å². The van der Waals surface area contributed by atoms with E-state index in [1.54, 1.807) is 0 Å².